The van der Waals surface area contributed by atoms with Gasteiger partial charge in [0.05, 0.1) is 11.1 Å². The van der Waals surface area contributed by atoms with Gasteiger partial charge in [0.2, 0.25) is 5.91 Å². The zero-order chi connectivity index (χ0) is 18.8. The van der Waals surface area contributed by atoms with Gasteiger partial charge in [-0.15, -0.1) is 11.8 Å². The molecule has 0 fully saturated rings. The first-order valence-corrected chi connectivity index (χ1v) is 8.60. The van der Waals surface area contributed by atoms with Crippen molar-refractivity contribution in [3.05, 3.63) is 63.2 Å². The number of halogens is 1. The Bertz CT molecular complexity index is 1120. The van der Waals surface area contributed by atoms with Crippen LogP contribution in [0.2, 0.25) is 0 Å². The van der Waals surface area contributed by atoms with Crippen molar-refractivity contribution in [2.45, 2.75) is 4.90 Å². The molecule has 7 nitrogen and oxygen atoms in total. The number of hydrogen-bond acceptors (Lipinski definition) is 5. The van der Waals surface area contributed by atoms with Crippen LogP contribution in [0, 0.1) is 5.82 Å². The predicted molar refractivity (Wildman–Crippen MR) is 98.0 cm³/mol. The number of nitrogens with one attached hydrogen (secondary N) is 1. The van der Waals surface area contributed by atoms with Crippen molar-refractivity contribution in [1.82, 2.24) is 14.1 Å². The maximum Gasteiger partial charge on any atom is 0.332 e. The number of benzene rings is 1. The standard InChI is InChI=1S/C17H15FN4O3S/c1-21-15-14(16(24)22(2)17(21)25)12(6-7-19-15)26-9-13(23)20-11-5-3-4-10(18)8-11/h3-8H,9H2,1-2H3,(H,20,23). The highest BCUT2D eigenvalue weighted by atomic mass is 32.2. The Hall–Kier alpha value is -2.94. The van der Waals surface area contributed by atoms with E-state index >= 15 is 0 Å². The number of thioether (sulfide) groups is 1. The van der Waals surface area contributed by atoms with Gasteiger partial charge in [0.15, 0.2) is 0 Å². The van der Waals surface area contributed by atoms with Crippen LogP contribution in [-0.2, 0) is 18.9 Å². The van der Waals surface area contributed by atoms with Crippen molar-refractivity contribution in [2.75, 3.05) is 11.1 Å². The normalized spacial score (nSPS) is 10.9. The van der Waals surface area contributed by atoms with E-state index < -0.39 is 17.1 Å². The molecular formula is C17H15FN4O3S. The summed E-state index contributed by atoms with van der Waals surface area (Å²) in [5.74, 6) is -0.770. The van der Waals surface area contributed by atoms with Gasteiger partial charge in [-0.3, -0.25) is 18.7 Å². The number of carbonyl (C=O) groups excluding carboxylic acids is 1. The van der Waals surface area contributed by atoms with E-state index in [1.54, 1.807) is 12.1 Å². The number of hydrogen-bond donors (Lipinski definition) is 1. The van der Waals surface area contributed by atoms with E-state index in [0.29, 0.717) is 10.6 Å². The Morgan fingerprint density at radius 2 is 2.00 bits per heavy atom. The second kappa shape index (κ2) is 7.12. The van der Waals surface area contributed by atoms with Crippen molar-refractivity contribution in [3.63, 3.8) is 0 Å². The van der Waals surface area contributed by atoms with Gasteiger partial charge in [0.1, 0.15) is 11.5 Å². The monoisotopic (exact) mass is 374 g/mol. The Balaban J connectivity index is 1.87. The van der Waals surface area contributed by atoms with Crippen molar-refractivity contribution in [1.29, 1.82) is 0 Å². The molecule has 0 saturated heterocycles. The maximum absolute atomic E-state index is 13.2. The molecule has 0 aliphatic carbocycles. The molecule has 1 amide bonds. The lowest BCUT2D eigenvalue weighted by Gasteiger charge is -2.10. The number of aromatic nitrogens is 3. The number of anilines is 1. The number of fused-ring (bicyclic) bond motifs is 1. The summed E-state index contributed by atoms with van der Waals surface area (Å²) >= 11 is 1.14. The van der Waals surface area contributed by atoms with E-state index in [1.165, 1.54) is 43.1 Å². The fraction of sp³-hybridized carbons (Fsp3) is 0.176. The van der Waals surface area contributed by atoms with Gasteiger partial charge in [0.25, 0.3) is 5.56 Å². The van der Waals surface area contributed by atoms with Crippen molar-refractivity contribution in [2.24, 2.45) is 14.1 Å². The van der Waals surface area contributed by atoms with Crippen LogP contribution in [0.3, 0.4) is 0 Å². The fourth-order valence-corrected chi connectivity index (χ4v) is 3.32. The second-order valence-corrected chi connectivity index (χ2v) is 6.58. The smallest absolute Gasteiger partial charge is 0.325 e. The van der Waals surface area contributed by atoms with Gasteiger partial charge in [-0.25, -0.2) is 14.2 Å². The number of nitrogens with zero attached hydrogens (tertiary/aromatic N) is 3. The minimum absolute atomic E-state index is 0.0155. The summed E-state index contributed by atoms with van der Waals surface area (Å²) in [5, 5.41) is 2.87. The van der Waals surface area contributed by atoms with Crippen LogP contribution in [0.15, 0.2) is 51.0 Å². The number of amides is 1. The first kappa shape index (κ1) is 17.9. The molecule has 3 rings (SSSR count). The van der Waals surface area contributed by atoms with E-state index in [2.05, 4.69) is 10.3 Å². The Labute approximate surface area is 151 Å². The lowest BCUT2D eigenvalue weighted by molar-refractivity contribution is -0.113. The fourth-order valence-electron chi connectivity index (χ4n) is 2.49. The molecule has 134 valence electrons. The van der Waals surface area contributed by atoms with Crippen LogP contribution in [0.1, 0.15) is 0 Å². The molecular weight excluding hydrogens is 359 g/mol. The van der Waals surface area contributed by atoms with E-state index in [0.717, 1.165) is 16.3 Å². The topological polar surface area (TPSA) is 86.0 Å². The molecule has 1 aromatic carbocycles. The molecule has 0 aliphatic rings. The molecule has 0 saturated carbocycles. The summed E-state index contributed by atoms with van der Waals surface area (Å²) in [5.41, 5.74) is -0.327. The first-order valence-electron chi connectivity index (χ1n) is 7.61. The van der Waals surface area contributed by atoms with Gasteiger partial charge >= 0.3 is 5.69 Å². The average molecular weight is 374 g/mol. The van der Waals surface area contributed by atoms with Gasteiger partial charge in [-0.05, 0) is 24.3 Å². The third-order valence-electron chi connectivity index (χ3n) is 3.77. The summed E-state index contributed by atoms with van der Waals surface area (Å²) in [6.07, 6.45) is 1.48. The largest absolute Gasteiger partial charge is 0.332 e. The first-order chi connectivity index (χ1) is 12.4. The van der Waals surface area contributed by atoms with Gasteiger partial charge < -0.3 is 5.32 Å². The van der Waals surface area contributed by atoms with Gasteiger partial charge in [-0.2, -0.15) is 0 Å². The Morgan fingerprint density at radius 3 is 2.73 bits per heavy atom. The molecule has 3 aromatic rings. The molecule has 2 aromatic heterocycles. The molecule has 9 heteroatoms. The van der Waals surface area contributed by atoms with Crippen LogP contribution in [0.5, 0.6) is 0 Å². The lowest BCUT2D eigenvalue weighted by Crippen LogP contribution is -2.37. The molecule has 26 heavy (non-hydrogen) atoms. The minimum Gasteiger partial charge on any atom is -0.325 e. The molecule has 0 aliphatic heterocycles. The van der Waals surface area contributed by atoms with Gasteiger partial charge in [-0.1, -0.05) is 6.07 Å². The molecule has 2 heterocycles. The number of aryl methyl sites for hydroxylation is 1. The zero-order valence-corrected chi connectivity index (χ0v) is 14.8. The van der Waals surface area contributed by atoms with E-state index in [1.807, 2.05) is 0 Å². The molecule has 1 N–H and O–H groups in total. The molecule has 0 radical (unpaired) electrons. The summed E-state index contributed by atoms with van der Waals surface area (Å²) in [4.78, 5) is 41.2. The SMILES string of the molecule is Cn1c(=O)c2c(SCC(=O)Nc3cccc(F)c3)ccnc2n(C)c1=O. The quantitative estimate of drug-likeness (QED) is 0.700. The summed E-state index contributed by atoms with van der Waals surface area (Å²) < 4.78 is 15.5. The Morgan fingerprint density at radius 1 is 1.23 bits per heavy atom. The van der Waals surface area contributed by atoms with Crippen LogP contribution in [0.25, 0.3) is 11.0 Å². The predicted octanol–water partition coefficient (Wildman–Crippen LogP) is 1.50. The number of carbonyl (C=O) groups is 1. The molecule has 0 bridgehead atoms. The average Bonchev–Trinajstić information content (AvgIpc) is 2.62. The minimum atomic E-state index is -0.471. The molecule has 0 unspecified atom stereocenters. The lowest BCUT2D eigenvalue weighted by atomic mass is 10.3. The highest BCUT2D eigenvalue weighted by molar-refractivity contribution is 8.00. The summed E-state index contributed by atoms with van der Waals surface area (Å²) in [6, 6.07) is 7.20. The highest BCUT2D eigenvalue weighted by Gasteiger charge is 2.14. The highest BCUT2D eigenvalue weighted by Crippen LogP contribution is 2.23. The molecule has 0 spiro atoms. The zero-order valence-electron chi connectivity index (χ0n) is 14.0. The van der Waals surface area contributed by atoms with E-state index in [-0.39, 0.29) is 22.7 Å². The third-order valence-corrected chi connectivity index (χ3v) is 4.83. The van der Waals surface area contributed by atoms with Crippen molar-refractivity contribution >= 4 is 34.4 Å². The van der Waals surface area contributed by atoms with E-state index in [9.17, 15) is 18.8 Å². The van der Waals surface area contributed by atoms with Crippen LogP contribution in [0.4, 0.5) is 10.1 Å². The Kier molecular flexibility index (Phi) is 4.90. The third kappa shape index (κ3) is 3.38. The number of pyridine rings is 1. The van der Waals surface area contributed by atoms with Crippen LogP contribution < -0.4 is 16.6 Å². The van der Waals surface area contributed by atoms with Crippen molar-refractivity contribution in [3.8, 4) is 0 Å². The summed E-state index contributed by atoms with van der Waals surface area (Å²) in [7, 11) is 2.92. The van der Waals surface area contributed by atoms with E-state index in [4.69, 9.17) is 0 Å². The second-order valence-electron chi connectivity index (χ2n) is 5.56. The maximum atomic E-state index is 13.2. The van der Waals surface area contributed by atoms with Crippen LogP contribution in [-0.4, -0.2) is 25.8 Å². The van der Waals surface area contributed by atoms with Crippen LogP contribution >= 0.6 is 11.8 Å². The van der Waals surface area contributed by atoms with Crippen molar-refractivity contribution < 1.29 is 9.18 Å². The molecule has 0 atom stereocenters. The number of rotatable bonds is 4. The summed E-state index contributed by atoms with van der Waals surface area (Å²) in [6.45, 7) is 0. The van der Waals surface area contributed by atoms with Gasteiger partial charge in [0, 0.05) is 30.9 Å².